The summed E-state index contributed by atoms with van der Waals surface area (Å²) in [5.41, 5.74) is 6.73. The summed E-state index contributed by atoms with van der Waals surface area (Å²) >= 11 is 5.82. The Hall–Kier alpha value is -4.50. The average molecular weight is 568 g/mol. The van der Waals surface area contributed by atoms with Crippen molar-refractivity contribution in [1.82, 2.24) is 19.8 Å². The average Bonchev–Trinajstić information content (AvgIpc) is 3.46. The summed E-state index contributed by atoms with van der Waals surface area (Å²) in [5.74, 6) is -1.05. The molecule has 0 saturated carbocycles. The fraction of sp³-hybridized carbons (Fsp3) is 0.250. The molecule has 2 atom stereocenters. The summed E-state index contributed by atoms with van der Waals surface area (Å²) in [6.07, 6.45) is 2.85. The second-order valence-electron chi connectivity index (χ2n) is 10.1. The van der Waals surface area contributed by atoms with Gasteiger partial charge in [-0.2, -0.15) is 0 Å². The van der Waals surface area contributed by atoms with Crippen LogP contribution in [0.4, 0.5) is 5.69 Å². The van der Waals surface area contributed by atoms with E-state index in [-0.39, 0.29) is 30.0 Å². The summed E-state index contributed by atoms with van der Waals surface area (Å²) in [5, 5.41) is 16.6. The Labute approximate surface area is 245 Å². The Morgan fingerprint density at radius 3 is 2.56 bits per heavy atom. The Kier molecular flexibility index (Phi) is 8.16. The van der Waals surface area contributed by atoms with Crippen LogP contribution in [0, 0.1) is 13.8 Å². The van der Waals surface area contributed by atoms with Gasteiger partial charge in [-0.25, -0.2) is 4.79 Å². The minimum atomic E-state index is -0.971. The number of nitrogens with one attached hydrogen (secondary N) is 2. The number of aromatic carboxylic acids is 1. The molecule has 1 fully saturated rings. The second-order valence-corrected chi connectivity index (χ2v) is 10.5. The van der Waals surface area contributed by atoms with Gasteiger partial charge in [0.05, 0.1) is 23.3 Å². The topological polar surface area (TPSA) is 99.5 Å². The van der Waals surface area contributed by atoms with Crippen molar-refractivity contribution in [3.05, 3.63) is 113 Å². The molecule has 41 heavy (non-hydrogen) atoms. The predicted molar refractivity (Wildman–Crippen MR) is 163 cm³/mol. The minimum Gasteiger partial charge on any atom is -0.478 e. The lowest BCUT2D eigenvalue weighted by Crippen LogP contribution is -2.33. The van der Waals surface area contributed by atoms with Gasteiger partial charge < -0.3 is 25.2 Å². The van der Waals surface area contributed by atoms with Crippen LogP contribution in [0.2, 0.25) is 0 Å². The highest BCUT2D eigenvalue weighted by Gasteiger charge is 2.41. The number of aryl methyl sites for hydroxylation is 2. The largest absolute Gasteiger partial charge is 0.478 e. The lowest BCUT2D eigenvalue weighted by atomic mass is 9.96. The molecular formula is C32H33N5O3S. The quantitative estimate of drug-likeness (QED) is 0.222. The van der Waals surface area contributed by atoms with E-state index in [2.05, 4.69) is 38.1 Å². The van der Waals surface area contributed by atoms with Crippen molar-refractivity contribution in [1.29, 1.82) is 0 Å². The fourth-order valence-electron chi connectivity index (χ4n) is 5.63. The lowest BCUT2D eigenvalue weighted by Gasteiger charge is -2.28. The molecule has 0 bridgehead atoms. The number of anilines is 1. The van der Waals surface area contributed by atoms with Gasteiger partial charge in [0.2, 0.25) is 5.91 Å². The zero-order chi connectivity index (χ0) is 29.1. The molecule has 210 valence electrons. The maximum atomic E-state index is 13.1. The summed E-state index contributed by atoms with van der Waals surface area (Å²) in [6.45, 7) is 6.51. The number of hydrogen-bond acceptors (Lipinski definition) is 4. The van der Waals surface area contributed by atoms with Gasteiger partial charge in [-0.05, 0) is 86.1 Å². The van der Waals surface area contributed by atoms with E-state index in [0.717, 1.165) is 46.0 Å². The second kappa shape index (κ2) is 11.9. The number of amides is 1. The first kappa shape index (κ1) is 28.0. The Balaban J connectivity index is 1.48. The van der Waals surface area contributed by atoms with E-state index < -0.39 is 5.97 Å². The number of aromatic nitrogens is 2. The number of para-hydroxylation sites is 1. The van der Waals surface area contributed by atoms with E-state index in [1.54, 1.807) is 24.4 Å². The Morgan fingerprint density at radius 2 is 1.83 bits per heavy atom. The smallest absolute Gasteiger partial charge is 0.335 e. The van der Waals surface area contributed by atoms with Crippen molar-refractivity contribution in [2.75, 3.05) is 11.9 Å². The van der Waals surface area contributed by atoms with Crippen molar-refractivity contribution in [3.63, 3.8) is 0 Å². The number of hydrogen-bond donors (Lipinski definition) is 3. The van der Waals surface area contributed by atoms with Crippen LogP contribution in [0.15, 0.2) is 79.0 Å². The molecule has 1 aliphatic rings. The monoisotopic (exact) mass is 567 g/mol. The third-order valence-electron chi connectivity index (χ3n) is 7.59. The maximum Gasteiger partial charge on any atom is 0.335 e. The van der Waals surface area contributed by atoms with Crippen molar-refractivity contribution < 1.29 is 14.7 Å². The zero-order valence-corrected chi connectivity index (χ0v) is 24.1. The van der Waals surface area contributed by atoms with Crippen LogP contribution >= 0.6 is 12.2 Å². The van der Waals surface area contributed by atoms with Crippen LogP contribution in [0.3, 0.4) is 0 Å². The first-order valence-corrected chi connectivity index (χ1v) is 14.1. The molecule has 2 aromatic carbocycles. The number of carboxylic acid groups (broad SMARTS) is 1. The van der Waals surface area contributed by atoms with Crippen molar-refractivity contribution in [3.8, 4) is 5.69 Å². The van der Waals surface area contributed by atoms with Crippen molar-refractivity contribution in [2.45, 2.75) is 45.7 Å². The number of benzene rings is 2. The molecule has 1 aliphatic heterocycles. The molecule has 8 nitrogen and oxygen atoms in total. The normalized spacial score (nSPS) is 16.5. The van der Waals surface area contributed by atoms with E-state index in [0.29, 0.717) is 11.7 Å². The Bertz CT molecular complexity index is 1600. The van der Waals surface area contributed by atoms with Gasteiger partial charge in [0.15, 0.2) is 5.11 Å². The van der Waals surface area contributed by atoms with Gasteiger partial charge in [-0.15, -0.1) is 0 Å². The van der Waals surface area contributed by atoms with E-state index in [1.807, 2.05) is 62.4 Å². The molecule has 0 radical (unpaired) electrons. The first-order valence-electron chi connectivity index (χ1n) is 13.7. The molecule has 4 aromatic rings. The van der Waals surface area contributed by atoms with E-state index in [1.165, 1.54) is 0 Å². The highest BCUT2D eigenvalue weighted by molar-refractivity contribution is 7.80. The standard InChI is InChI=1S/C32H33N5O3S/c1-4-22-10-5-6-13-26(22)34-28(38)15-17-36-30(29(35-32(36)41)27-14-7-8-16-33-27)25-18-20(2)37(21(25)3)24-12-9-11-23(19-24)31(39)40/h5-14,16,18-19,29-30H,4,15,17H2,1-3H3,(H,34,38)(H,35,41)(H,39,40)/t29-,30-/m1/s1. The lowest BCUT2D eigenvalue weighted by molar-refractivity contribution is -0.116. The molecule has 2 aromatic heterocycles. The van der Waals surface area contributed by atoms with Gasteiger partial charge in [0.25, 0.3) is 0 Å². The molecule has 9 heteroatoms. The van der Waals surface area contributed by atoms with E-state index in [4.69, 9.17) is 12.2 Å². The molecule has 1 amide bonds. The molecule has 1 saturated heterocycles. The fourth-order valence-corrected chi connectivity index (χ4v) is 5.96. The van der Waals surface area contributed by atoms with Crippen LogP contribution in [0.25, 0.3) is 5.69 Å². The van der Waals surface area contributed by atoms with Crippen LogP contribution < -0.4 is 10.6 Å². The molecular weight excluding hydrogens is 534 g/mol. The van der Waals surface area contributed by atoms with Gasteiger partial charge in [0.1, 0.15) is 0 Å². The highest BCUT2D eigenvalue weighted by Crippen LogP contribution is 2.41. The summed E-state index contributed by atoms with van der Waals surface area (Å²) in [7, 11) is 0. The van der Waals surface area contributed by atoms with Crippen LogP contribution in [0.5, 0.6) is 0 Å². The molecule has 3 heterocycles. The molecule has 0 spiro atoms. The Morgan fingerprint density at radius 1 is 1.05 bits per heavy atom. The van der Waals surface area contributed by atoms with Crippen LogP contribution in [0.1, 0.15) is 64.0 Å². The SMILES string of the molecule is CCc1ccccc1NC(=O)CCN1C(=S)N[C@H](c2ccccn2)[C@H]1c1cc(C)n(-c2cccc(C(=O)O)c2)c1C. The maximum absolute atomic E-state index is 13.1. The third kappa shape index (κ3) is 5.71. The number of carbonyl (C=O) groups is 2. The number of carbonyl (C=O) groups excluding carboxylic acids is 1. The predicted octanol–water partition coefficient (Wildman–Crippen LogP) is 5.75. The third-order valence-corrected chi connectivity index (χ3v) is 7.94. The van der Waals surface area contributed by atoms with Gasteiger partial charge in [-0.3, -0.25) is 9.78 Å². The summed E-state index contributed by atoms with van der Waals surface area (Å²) < 4.78 is 2.06. The van der Waals surface area contributed by atoms with Crippen molar-refractivity contribution >= 4 is 34.9 Å². The van der Waals surface area contributed by atoms with Gasteiger partial charge >= 0.3 is 5.97 Å². The first-order chi connectivity index (χ1) is 19.8. The van der Waals surface area contributed by atoms with E-state index in [9.17, 15) is 14.7 Å². The van der Waals surface area contributed by atoms with Crippen LogP contribution in [-0.2, 0) is 11.2 Å². The number of carboxylic acids is 1. The summed E-state index contributed by atoms with van der Waals surface area (Å²) in [6, 6.07) is 22.2. The van der Waals surface area contributed by atoms with Crippen molar-refractivity contribution in [2.24, 2.45) is 0 Å². The zero-order valence-electron chi connectivity index (χ0n) is 23.3. The number of rotatable bonds is 9. The number of nitrogens with zero attached hydrogens (tertiary/aromatic N) is 3. The minimum absolute atomic E-state index is 0.0790. The van der Waals surface area contributed by atoms with E-state index >= 15 is 0 Å². The number of thiocarbonyl (C=S) groups is 1. The van der Waals surface area contributed by atoms with Gasteiger partial charge in [0, 0.05) is 41.9 Å². The van der Waals surface area contributed by atoms with Gasteiger partial charge in [-0.1, -0.05) is 37.3 Å². The highest BCUT2D eigenvalue weighted by atomic mass is 32.1. The molecule has 3 N–H and O–H groups in total. The van der Waals surface area contributed by atoms with Crippen LogP contribution in [-0.4, -0.2) is 43.1 Å². The number of pyridine rings is 1. The molecule has 0 aliphatic carbocycles. The molecule has 5 rings (SSSR count). The summed E-state index contributed by atoms with van der Waals surface area (Å²) in [4.78, 5) is 31.4. The molecule has 0 unspecified atom stereocenters.